The molecule has 4 rings (SSSR count). The SMILES string of the molecule is Cc1ccc(N2CC3(CC(Oc4nccc(C)n4)CCO3)C2)nn1. The van der Waals surface area contributed by atoms with Crippen molar-refractivity contribution in [1.82, 2.24) is 20.2 Å². The number of anilines is 1. The van der Waals surface area contributed by atoms with Gasteiger partial charge in [0.2, 0.25) is 0 Å². The Hall–Kier alpha value is -2.28. The van der Waals surface area contributed by atoms with Gasteiger partial charge in [-0.25, -0.2) is 9.97 Å². The first-order valence-corrected chi connectivity index (χ1v) is 8.27. The van der Waals surface area contributed by atoms with Crippen LogP contribution >= 0.6 is 0 Å². The fourth-order valence-electron chi connectivity index (χ4n) is 3.31. The summed E-state index contributed by atoms with van der Waals surface area (Å²) in [5, 5.41) is 8.36. The molecule has 0 radical (unpaired) electrons. The predicted octanol–water partition coefficient (Wildman–Crippen LogP) is 1.70. The molecule has 7 nitrogen and oxygen atoms in total. The summed E-state index contributed by atoms with van der Waals surface area (Å²) in [5.41, 5.74) is 1.68. The van der Waals surface area contributed by atoms with Crippen molar-refractivity contribution in [2.75, 3.05) is 24.6 Å². The predicted molar refractivity (Wildman–Crippen MR) is 88.1 cm³/mol. The van der Waals surface area contributed by atoms with Gasteiger partial charge in [-0.3, -0.25) is 0 Å². The van der Waals surface area contributed by atoms with Crippen molar-refractivity contribution >= 4 is 5.82 Å². The lowest BCUT2D eigenvalue weighted by molar-refractivity contribution is -0.127. The minimum Gasteiger partial charge on any atom is -0.460 e. The van der Waals surface area contributed by atoms with Crippen LogP contribution in [0.5, 0.6) is 6.01 Å². The molecule has 126 valence electrons. The normalized spacial score (nSPS) is 22.2. The zero-order chi connectivity index (χ0) is 16.6. The molecule has 7 heteroatoms. The maximum Gasteiger partial charge on any atom is 0.316 e. The Kier molecular flexibility index (Phi) is 3.80. The van der Waals surface area contributed by atoms with E-state index in [4.69, 9.17) is 9.47 Å². The zero-order valence-electron chi connectivity index (χ0n) is 14.0. The number of aryl methyl sites for hydroxylation is 2. The van der Waals surface area contributed by atoms with E-state index in [1.54, 1.807) is 6.20 Å². The fraction of sp³-hybridized carbons (Fsp3) is 0.529. The monoisotopic (exact) mass is 327 g/mol. The van der Waals surface area contributed by atoms with Crippen molar-refractivity contribution in [2.24, 2.45) is 0 Å². The largest absolute Gasteiger partial charge is 0.460 e. The molecule has 1 spiro atoms. The van der Waals surface area contributed by atoms with Gasteiger partial charge >= 0.3 is 6.01 Å². The van der Waals surface area contributed by atoms with Gasteiger partial charge < -0.3 is 14.4 Å². The van der Waals surface area contributed by atoms with Crippen LogP contribution in [0.2, 0.25) is 0 Å². The van der Waals surface area contributed by atoms with E-state index in [0.29, 0.717) is 12.6 Å². The lowest BCUT2D eigenvalue weighted by Crippen LogP contribution is -2.66. The highest BCUT2D eigenvalue weighted by atomic mass is 16.5. The van der Waals surface area contributed by atoms with Gasteiger partial charge in [0.25, 0.3) is 0 Å². The Morgan fingerprint density at radius 2 is 2.04 bits per heavy atom. The molecular formula is C17H21N5O2. The minimum absolute atomic E-state index is 0.0896. The number of aromatic nitrogens is 4. The number of rotatable bonds is 3. The van der Waals surface area contributed by atoms with E-state index in [0.717, 1.165) is 43.1 Å². The summed E-state index contributed by atoms with van der Waals surface area (Å²) in [6.07, 6.45) is 3.53. The molecule has 0 aromatic carbocycles. The fourth-order valence-corrected chi connectivity index (χ4v) is 3.31. The first-order valence-electron chi connectivity index (χ1n) is 8.27. The lowest BCUT2D eigenvalue weighted by atomic mass is 9.84. The van der Waals surface area contributed by atoms with Crippen LogP contribution in [0.15, 0.2) is 24.4 Å². The molecule has 0 N–H and O–H groups in total. The minimum atomic E-state index is -0.153. The standard InChI is InChI=1S/C17H21N5O2/c1-12-5-7-18-16(19-12)24-14-6-8-23-17(9-14)10-22(11-17)15-4-3-13(2)20-21-15/h3-5,7,14H,6,8-11H2,1-2H3. The van der Waals surface area contributed by atoms with Gasteiger partial charge in [-0.05, 0) is 32.0 Å². The topological polar surface area (TPSA) is 73.3 Å². The summed E-state index contributed by atoms with van der Waals surface area (Å²) in [4.78, 5) is 10.7. The lowest BCUT2D eigenvalue weighted by Gasteiger charge is -2.53. The van der Waals surface area contributed by atoms with E-state index in [9.17, 15) is 0 Å². The first-order chi connectivity index (χ1) is 11.6. The maximum absolute atomic E-state index is 6.06. The second kappa shape index (κ2) is 5.98. The smallest absolute Gasteiger partial charge is 0.316 e. The third-order valence-electron chi connectivity index (χ3n) is 4.56. The van der Waals surface area contributed by atoms with Crippen LogP contribution in [0.1, 0.15) is 24.2 Å². The van der Waals surface area contributed by atoms with Gasteiger partial charge in [-0.1, -0.05) is 0 Å². The molecule has 1 unspecified atom stereocenters. The zero-order valence-corrected chi connectivity index (χ0v) is 14.0. The van der Waals surface area contributed by atoms with Crippen molar-refractivity contribution in [2.45, 2.75) is 38.4 Å². The van der Waals surface area contributed by atoms with E-state index >= 15 is 0 Å². The quantitative estimate of drug-likeness (QED) is 0.849. The van der Waals surface area contributed by atoms with Crippen molar-refractivity contribution in [3.63, 3.8) is 0 Å². The van der Waals surface area contributed by atoms with E-state index < -0.39 is 0 Å². The number of nitrogens with zero attached hydrogens (tertiary/aromatic N) is 5. The maximum atomic E-state index is 6.06. The van der Waals surface area contributed by atoms with Gasteiger partial charge in [-0.2, -0.15) is 5.10 Å². The van der Waals surface area contributed by atoms with E-state index in [1.165, 1.54) is 0 Å². The van der Waals surface area contributed by atoms with Crippen molar-refractivity contribution in [3.8, 4) is 6.01 Å². The molecule has 0 amide bonds. The molecule has 2 fully saturated rings. The molecule has 1 atom stereocenters. The second-order valence-electron chi connectivity index (χ2n) is 6.63. The molecule has 4 heterocycles. The third-order valence-corrected chi connectivity index (χ3v) is 4.56. The van der Waals surface area contributed by atoms with Gasteiger partial charge in [0, 0.05) is 24.7 Å². The van der Waals surface area contributed by atoms with Crippen LogP contribution in [-0.4, -0.2) is 51.6 Å². The van der Waals surface area contributed by atoms with Crippen LogP contribution in [0.3, 0.4) is 0 Å². The van der Waals surface area contributed by atoms with Gasteiger partial charge in [0.1, 0.15) is 11.7 Å². The molecule has 0 saturated carbocycles. The van der Waals surface area contributed by atoms with Gasteiger partial charge in [0.05, 0.1) is 25.4 Å². The van der Waals surface area contributed by atoms with Crippen LogP contribution in [0, 0.1) is 13.8 Å². The number of hydrogen-bond donors (Lipinski definition) is 0. The average molecular weight is 327 g/mol. The number of ether oxygens (including phenoxy) is 2. The van der Waals surface area contributed by atoms with E-state index in [1.807, 2.05) is 32.0 Å². The summed E-state index contributed by atoms with van der Waals surface area (Å²) in [6.45, 7) is 6.21. The Balaban J connectivity index is 1.38. The van der Waals surface area contributed by atoms with E-state index in [2.05, 4.69) is 25.1 Å². The molecule has 2 aromatic heterocycles. The Labute approximate surface area is 141 Å². The van der Waals surface area contributed by atoms with Crippen LogP contribution < -0.4 is 9.64 Å². The molecule has 2 saturated heterocycles. The molecule has 2 aliphatic heterocycles. The summed E-state index contributed by atoms with van der Waals surface area (Å²) in [6, 6.07) is 6.31. The second-order valence-corrected chi connectivity index (χ2v) is 6.63. The Bertz CT molecular complexity index is 715. The molecule has 2 aromatic rings. The Morgan fingerprint density at radius 1 is 1.17 bits per heavy atom. The summed E-state index contributed by atoms with van der Waals surface area (Å²) in [7, 11) is 0. The summed E-state index contributed by atoms with van der Waals surface area (Å²) < 4.78 is 12.0. The van der Waals surface area contributed by atoms with Crippen LogP contribution in [0.25, 0.3) is 0 Å². The molecule has 0 bridgehead atoms. The molecule has 2 aliphatic rings. The van der Waals surface area contributed by atoms with Gasteiger partial charge in [-0.15, -0.1) is 5.10 Å². The first kappa shape index (κ1) is 15.3. The van der Waals surface area contributed by atoms with Crippen molar-refractivity contribution < 1.29 is 9.47 Å². The van der Waals surface area contributed by atoms with Gasteiger partial charge in [0.15, 0.2) is 5.82 Å². The molecule has 0 aliphatic carbocycles. The van der Waals surface area contributed by atoms with Crippen LogP contribution in [0.4, 0.5) is 5.82 Å². The van der Waals surface area contributed by atoms with E-state index in [-0.39, 0.29) is 11.7 Å². The summed E-state index contributed by atoms with van der Waals surface area (Å²) in [5.74, 6) is 0.903. The van der Waals surface area contributed by atoms with Crippen LogP contribution in [-0.2, 0) is 4.74 Å². The highest BCUT2D eigenvalue weighted by Gasteiger charge is 2.49. The summed E-state index contributed by atoms with van der Waals surface area (Å²) >= 11 is 0. The number of hydrogen-bond acceptors (Lipinski definition) is 7. The highest BCUT2D eigenvalue weighted by Crippen LogP contribution is 2.37. The average Bonchev–Trinajstić information content (AvgIpc) is 2.54. The third kappa shape index (κ3) is 3.03. The Morgan fingerprint density at radius 3 is 2.79 bits per heavy atom. The van der Waals surface area contributed by atoms with Crippen molar-refractivity contribution in [1.29, 1.82) is 0 Å². The highest BCUT2D eigenvalue weighted by molar-refractivity contribution is 5.43. The molecule has 24 heavy (non-hydrogen) atoms. The van der Waals surface area contributed by atoms with Crippen molar-refractivity contribution in [3.05, 3.63) is 35.8 Å². The molecular weight excluding hydrogens is 306 g/mol.